The number of unbranched alkanes of at least 4 members (excludes halogenated alkanes) is 2. The SMILES string of the molecule is CCC1CN(CCCCCO)C(CC)CN1. The fourth-order valence-corrected chi connectivity index (χ4v) is 2.48. The number of hydrogen-bond donors (Lipinski definition) is 2. The molecule has 0 radical (unpaired) electrons. The summed E-state index contributed by atoms with van der Waals surface area (Å²) in [4.78, 5) is 2.64. The molecule has 0 amide bonds. The molecule has 2 unspecified atom stereocenters. The molecule has 16 heavy (non-hydrogen) atoms. The Hall–Kier alpha value is -0.120. The lowest BCUT2D eigenvalue weighted by Crippen LogP contribution is -2.56. The molecule has 0 bridgehead atoms. The lowest BCUT2D eigenvalue weighted by Gasteiger charge is -2.40. The number of aliphatic hydroxyl groups excluding tert-OH is 1. The zero-order valence-electron chi connectivity index (χ0n) is 10.9. The van der Waals surface area contributed by atoms with Gasteiger partial charge in [-0.25, -0.2) is 0 Å². The van der Waals surface area contributed by atoms with Gasteiger partial charge in [-0.1, -0.05) is 13.8 Å². The van der Waals surface area contributed by atoms with Gasteiger partial charge in [-0.15, -0.1) is 0 Å². The maximum absolute atomic E-state index is 8.76. The molecule has 3 nitrogen and oxygen atoms in total. The van der Waals surface area contributed by atoms with Crippen LogP contribution in [-0.2, 0) is 0 Å². The molecular weight excluding hydrogens is 200 g/mol. The van der Waals surface area contributed by atoms with Crippen LogP contribution in [0.1, 0.15) is 46.0 Å². The molecule has 0 aliphatic carbocycles. The quantitative estimate of drug-likeness (QED) is 0.650. The van der Waals surface area contributed by atoms with Crippen molar-refractivity contribution in [3.8, 4) is 0 Å². The predicted octanol–water partition coefficient (Wildman–Crippen LogP) is 1.61. The van der Waals surface area contributed by atoms with E-state index >= 15 is 0 Å². The first-order chi connectivity index (χ1) is 7.81. The second kappa shape index (κ2) is 8.04. The van der Waals surface area contributed by atoms with E-state index in [9.17, 15) is 0 Å². The molecule has 3 heteroatoms. The van der Waals surface area contributed by atoms with E-state index in [1.807, 2.05) is 0 Å². The molecule has 0 aromatic heterocycles. The maximum atomic E-state index is 8.76. The molecule has 96 valence electrons. The van der Waals surface area contributed by atoms with Gasteiger partial charge in [0.25, 0.3) is 0 Å². The summed E-state index contributed by atoms with van der Waals surface area (Å²) in [5.41, 5.74) is 0. The first-order valence-corrected chi connectivity index (χ1v) is 6.90. The largest absolute Gasteiger partial charge is 0.396 e. The van der Waals surface area contributed by atoms with E-state index in [2.05, 4.69) is 24.1 Å². The average Bonchev–Trinajstić information content (AvgIpc) is 2.34. The van der Waals surface area contributed by atoms with Crippen molar-refractivity contribution in [1.82, 2.24) is 10.2 Å². The molecule has 1 rings (SSSR count). The number of rotatable bonds is 7. The predicted molar refractivity (Wildman–Crippen MR) is 68.7 cm³/mol. The fourth-order valence-electron chi connectivity index (χ4n) is 2.48. The van der Waals surface area contributed by atoms with Crippen LogP contribution in [0.4, 0.5) is 0 Å². The first-order valence-electron chi connectivity index (χ1n) is 6.90. The average molecular weight is 228 g/mol. The zero-order chi connectivity index (χ0) is 11.8. The van der Waals surface area contributed by atoms with E-state index in [0.717, 1.165) is 25.4 Å². The Morgan fingerprint density at radius 2 is 2.00 bits per heavy atom. The van der Waals surface area contributed by atoms with Crippen molar-refractivity contribution in [3.05, 3.63) is 0 Å². The van der Waals surface area contributed by atoms with Crippen LogP contribution in [0.5, 0.6) is 0 Å². The van der Waals surface area contributed by atoms with Gasteiger partial charge in [0.15, 0.2) is 0 Å². The summed E-state index contributed by atoms with van der Waals surface area (Å²) in [6, 6.07) is 1.40. The minimum absolute atomic E-state index is 0.344. The van der Waals surface area contributed by atoms with Gasteiger partial charge in [0.2, 0.25) is 0 Å². The Morgan fingerprint density at radius 3 is 2.62 bits per heavy atom. The van der Waals surface area contributed by atoms with Crippen molar-refractivity contribution in [2.24, 2.45) is 0 Å². The van der Waals surface area contributed by atoms with Crippen LogP contribution in [0.2, 0.25) is 0 Å². The summed E-state index contributed by atoms with van der Waals surface area (Å²) in [6.45, 7) is 8.43. The van der Waals surface area contributed by atoms with E-state index in [1.165, 1.54) is 32.4 Å². The van der Waals surface area contributed by atoms with E-state index in [-0.39, 0.29) is 0 Å². The normalized spacial score (nSPS) is 27.2. The molecule has 0 aromatic rings. The summed E-state index contributed by atoms with van der Waals surface area (Å²) in [7, 11) is 0. The van der Waals surface area contributed by atoms with Crippen LogP contribution in [0, 0.1) is 0 Å². The molecule has 1 aliphatic heterocycles. The van der Waals surface area contributed by atoms with E-state index in [1.54, 1.807) is 0 Å². The molecule has 0 saturated carbocycles. The summed E-state index contributed by atoms with van der Waals surface area (Å²) in [6.07, 6.45) is 5.81. The summed E-state index contributed by atoms with van der Waals surface area (Å²) in [5.74, 6) is 0. The highest BCUT2D eigenvalue weighted by Gasteiger charge is 2.24. The minimum Gasteiger partial charge on any atom is -0.396 e. The second-order valence-electron chi connectivity index (χ2n) is 4.85. The smallest absolute Gasteiger partial charge is 0.0431 e. The third-order valence-corrected chi connectivity index (χ3v) is 3.68. The highest BCUT2D eigenvalue weighted by molar-refractivity contribution is 4.84. The number of nitrogens with zero attached hydrogens (tertiary/aromatic N) is 1. The van der Waals surface area contributed by atoms with Crippen molar-refractivity contribution < 1.29 is 5.11 Å². The van der Waals surface area contributed by atoms with Crippen LogP contribution < -0.4 is 5.32 Å². The highest BCUT2D eigenvalue weighted by Crippen LogP contribution is 2.13. The van der Waals surface area contributed by atoms with Crippen molar-refractivity contribution in [2.75, 3.05) is 26.2 Å². The summed E-state index contributed by atoms with van der Waals surface area (Å²) >= 11 is 0. The molecule has 1 aliphatic rings. The number of piperazine rings is 1. The summed E-state index contributed by atoms with van der Waals surface area (Å²) in [5, 5.41) is 12.4. The maximum Gasteiger partial charge on any atom is 0.0431 e. The Balaban J connectivity index is 2.27. The van der Waals surface area contributed by atoms with E-state index < -0.39 is 0 Å². The van der Waals surface area contributed by atoms with Gasteiger partial charge in [0.1, 0.15) is 0 Å². The Bertz CT molecular complexity index is 175. The lowest BCUT2D eigenvalue weighted by molar-refractivity contribution is 0.122. The number of hydrogen-bond acceptors (Lipinski definition) is 3. The third-order valence-electron chi connectivity index (χ3n) is 3.68. The van der Waals surface area contributed by atoms with Gasteiger partial charge in [0.05, 0.1) is 0 Å². The molecule has 1 saturated heterocycles. The number of aliphatic hydroxyl groups is 1. The molecular formula is C13H28N2O. The van der Waals surface area contributed by atoms with Crippen molar-refractivity contribution in [3.63, 3.8) is 0 Å². The van der Waals surface area contributed by atoms with Crippen molar-refractivity contribution in [1.29, 1.82) is 0 Å². The van der Waals surface area contributed by atoms with E-state index in [4.69, 9.17) is 5.11 Å². The fraction of sp³-hybridized carbons (Fsp3) is 1.00. The molecule has 0 aromatic carbocycles. The van der Waals surface area contributed by atoms with Crippen molar-refractivity contribution in [2.45, 2.75) is 58.0 Å². The van der Waals surface area contributed by atoms with Crippen LogP contribution >= 0.6 is 0 Å². The molecule has 0 spiro atoms. The lowest BCUT2D eigenvalue weighted by atomic mass is 10.0. The van der Waals surface area contributed by atoms with Crippen molar-refractivity contribution >= 4 is 0 Å². The second-order valence-corrected chi connectivity index (χ2v) is 4.85. The Labute approximate surface area is 100 Å². The summed E-state index contributed by atoms with van der Waals surface area (Å²) < 4.78 is 0. The first kappa shape index (κ1) is 13.9. The topological polar surface area (TPSA) is 35.5 Å². The molecule has 1 heterocycles. The van der Waals surface area contributed by atoms with Crippen LogP contribution in [0.25, 0.3) is 0 Å². The molecule has 1 fully saturated rings. The van der Waals surface area contributed by atoms with Gasteiger partial charge in [0, 0.05) is 31.8 Å². The van der Waals surface area contributed by atoms with Crippen LogP contribution in [0.15, 0.2) is 0 Å². The van der Waals surface area contributed by atoms with Gasteiger partial charge in [-0.2, -0.15) is 0 Å². The third kappa shape index (κ3) is 4.40. The Morgan fingerprint density at radius 1 is 1.19 bits per heavy atom. The van der Waals surface area contributed by atoms with E-state index in [0.29, 0.717) is 12.6 Å². The standard InChI is InChI=1S/C13H28N2O/c1-3-12-11-15(8-6-5-7-9-16)13(4-2)10-14-12/h12-14,16H,3-11H2,1-2H3. The van der Waals surface area contributed by atoms with Gasteiger partial charge >= 0.3 is 0 Å². The zero-order valence-corrected chi connectivity index (χ0v) is 10.9. The number of nitrogens with one attached hydrogen (secondary N) is 1. The minimum atomic E-state index is 0.344. The highest BCUT2D eigenvalue weighted by atomic mass is 16.2. The van der Waals surface area contributed by atoms with Crippen LogP contribution in [0.3, 0.4) is 0 Å². The van der Waals surface area contributed by atoms with Gasteiger partial charge in [-0.05, 0) is 38.6 Å². The Kier molecular flexibility index (Phi) is 7.01. The molecule has 2 N–H and O–H groups in total. The molecule has 2 atom stereocenters. The van der Waals surface area contributed by atoms with Crippen LogP contribution in [-0.4, -0.2) is 48.3 Å². The van der Waals surface area contributed by atoms with Gasteiger partial charge in [-0.3, -0.25) is 4.90 Å². The monoisotopic (exact) mass is 228 g/mol. The van der Waals surface area contributed by atoms with Gasteiger partial charge < -0.3 is 10.4 Å².